The van der Waals surface area contributed by atoms with E-state index in [1.807, 2.05) is 31.2 Å². The van der Waals surface area contributed by atoms with Crippen molar-refractivity contribution in [1.29, 1.82) is 0 Å². The molecule has 68 valence electrons. The van der Waals surface area contributed by atoms with E-state index in [1.54, 1.807) is 6.92 Å². The maximum atomic E-state index is 5.29. The number of rotatable bonds is 2. The highest BCUT2D eigenvalue weighted by atomic mass is 32.1. The predicted molar refractivity (Wildman–Crippen MR) is 60.2 cm³/mol. The molecule has 0 saturated heterocycles. The van der Waals surface area contributed by atoms with Crippen LogP contribution in [0, 0.1) is 6.92 Å². The molecule has 0 radical (unpaired) electrons. The van der Waals surface area contributed by atoms with E-state index in [-0.39, 0.29) is 0 Å². The summed E-state index contributed by atoms with van der Waals surface area (Å²) in [5.74, 6) is 0.788. The van der Waals surface area contributed by atoms with Gasteiger partial charge in [-0.1, -0.05) is 18.7 Å². The van der Waals surface area contributed by atoms with Crippen molar-refractivity contribution in [2.75, 3.05) is 0 Å². The molecule has 1 rings (SSSR count). The second kappa shape index (κ2) is 4.19. The second-order valence-electron chi connectivity index (χ2n) is 2.82. The largest absolute Gasteiger partial charge is 0.451 e. The van der Waals surface area contributed by atoms with Crippen LogP contribution in [0.4, 0.5) is 0 Å². The molecule has 13 heavy (non-hydrogen) atoms. The molecule has 2 heteroatoms. The summed E-state index contributed by atoms with van der Waals surface area (Å²) in [7, 11) is 0. The lowest BCUT2D eigenvalue weighted by Crippen LogP contribution is -1.98. The molecule has 0 saturated carbocycles. The fourth-order valence-electron chi connectivity index (χ4n) is 1.11. The Bertz CT molecular complexity index is 342. The molecule has 0 spiro atoms. The zero-order valence-electron chi connectivity index (χ0n) is 7.83. The van der Waals surface area contributed by atoms with Crippen LogP contribution in [0.2, 0.25) is 0 Å². The molecule has 0 bridgehead atoms. The Morgan fingerprint density at radius 2 is 2.23 bits per heavy atom. The highest BCUT2D eigenvalue weighted by Gasteiger charge is 1.98. The van der Waals surface area contributed by atoms with Gasteiger partial charge in [-0.05, 0) is 42.4 Å². The first-order valence-corrected chi connectivity index (χ1v) is 4.46. The molecule has 0 amide bonds. The summed E-state index contributed by atoms with van der Waals surface area (Å²) in [6.07, 6.45) is 1.82. The molecule has 1 aromatic carbocycles. The predicted octanol–water partition coefficient (Wildman–Crippen LogP) is 3.36. The molecule has 0 aromatic heterocycles. The Morgan fingerprint density at radius 3 is 2.69 bits per heavy atom. The molecule has 1 nitrogen and oxygen atoms in total. The highest BCUT2D eigenvalue weighted by Crippen LogP contribution is 2.18. The third-order valence-corrected chi connectivity index (χ3v) is 1.81. The standard InChI is InChI=1S/C11H12OS/c1-4-10-5-6-11(7-8(10)2)12-9(3)13/h4-7H,1H2,2-3H3. The monoisotopic (exact) mass is 192 g/mol. The first kappa shape index (κ1) is 9.93. The van der Waals surface area contributed by atoms with E-state index in [0.29, 0.717) is 5.05 Å². The van der Waals surface area contributed by atoms with Gasteiger partial charge in [0.2, 0.25) is 0 Å². The minimum Gasteiger partial charge on any atom is -0.451 e. The summed E-state index contributed by atoms with van der Waals surface area (Å²) < 4.78 is 5.29. The number of benzene rings is 1. The van der Waals surface area contributed by atoms with Crippen LogP contribution < -0.4 is 4.74 Å². The molecule has 0 aliphatic rings. The Hall–Kier alpha value is -1.15. The average molecular weight is 192 g/mol. The lowest BCUT2D eigenvalue weighted by molar-refractivity contribution is 0.561. The summed E-state index contributed by atoms with van der Waals surface area (Å²) in [5.41, 5.74) is 2.26. The lowest BCUT2D eigenvalue weighted by atomic mass is 10.1. The van der Waals surface area contributed by atoms with Gasteiger partial charge in [-0.3, -0.25) is 0 Å². The SMILES string of the molecule is C=Cc1ccc(OC(C)=S)cc1C. The van der Waals surface area contributed by atoms with Crippen molar-refractivity contribution in [1.82, 2.24) is 0 Å². The van der Waals surface area contributed by atoms with Crippen LogP contribution in [0.5, 0.6) is 5.75 Å². The Labute approximate surface area is 84.0 Å². The van der Waals surface area contributed by atoms with Gasteiger partial charge in [-0.2, -0.15) is 0 Å². The molecule has 0 heterocycles. The Morgan fingerprint density at radius 1 is 1.54 bits per heavy atom. The van der Waals surface area contributed by atoms with E-state index in [4.69, 9.17) is 17.0 Å². The van der Waals surface area contributed by atoms with Crippen molar-refractivity contribution in [3.63, 3.8) is 0 Å². The number of aryl methyl sites for hydroxylation is 1. The third-order valence-electron chi connectivity index (χ3n) is 1.72. The maximum absolute atomic E-state index is 5.29. The summed E-state index contributed by atoms with van der Waals surface area (Å²) >= 11 is 4.84. The van der Waals surface area contributed by atoms with E-state index >= 15 is 0 Å². The highest BCUT2D eigenvalue weighted by molar-refractivity contribution is 7.80. The van der Waals surface area contributed by atoms with Gasteiger partial charge in [0.05, 0.1) is 0 Å². The molecule has 0 aliphatic carbocycles. The third kappa shape index (κ3) is 2.67. The lowest BCUT2D eigenvalue weighted by Gasteiger charge is -2.05. The Kier molecular flexibility index (Phi) is 3.20. The maximum Gasteiger partial charge on any atom is 0.164 e. The summed E-state index contributed by atoms with van der Waals surface area (Å²) in [4.78, 5) is 0. The van der Waals surface area contributed by atoms with Crippen molar-refractivity contribution < 1.29 is 4.74 Å². The molecule has 0 atom stereocenters. The van der Waals surface area contributed by atoms with E-state index in [1.165, 1.54) is 0 Å². The fourth-order valence-corrected chi connectivity index (χ4v) is 1.20. The number of hydrogen-bond donors (Lipinski definition) is 0. The fraction of sp³-hybridized carbons (Fsp3) is 0.182. The van der Waals surface area contributed by atoms with Gasteiger partial charge in [-0.15, -0.1) is 0 Å². The molecular weight excluding hydrogens is 180 g/mol. The smallest absolute Gasteiger partial charge is 0.164 e. The van der Waals surface area contributed by atoms with Crippen LogP contribution in [-0.2, 0) is 0 Å². The van der Waals surface area contributed by atoms with Crippen LogP contribution in [-0.4, -0.2) is 5.05 Å². The van der Waals surface area contributed by atoms with Crippen LogP contribution in [0.1, 0.15) is 18.1 Å². The first-order chi connectivity index (χ1) is 6.13. The number of thiocarbonyl (C=S) groups is 1. The number of hydrogen-bond acceptors (Lipinski definition) is 2. The van der Waals surface area contributed by atoms with Gasteiger partial charge in [0, 0.05) is 6.92 Å². The van der Waals surface area contributed by atoms with Crippen LogP contribution >= 0.6 is 12.2 Å². The van der Waals surface area contributed by atoms with E-state index in [0.717, 1.165) is 16.9 Å². The van der Waals surface area contributed by atoms with Crippen molar-refractivity contribution in [3.8, 4) is 5.75 Å². The second-order valence-corrected chi connectivity index (χ2v) is 3.39. The van der Waals surface area contributed by atoms with Crippen LogP contribution in [0.15, 0.2) is 24.8 Å². The topological polar surface area (TPSA) is 9.23 Å². The summed E-state index contributed by atoms with van der Waals surface area (Å²) in [6, 6.07) is 5.81. The quantitative estimate of drug-likeness (QED) is 0.664. The average Bonchev–Trinajstić information content (AvgIpc) is 2.03. The van der Waals surface area contributed by atoms with E-state index in [9.17, 15) is 0 Å². The van der Waals surface area contributed by atoms with Crippen molar-refractivity contribution in [3.05, 3.63) is 35.9 Å². The summed E-state index contributed by atoms with van der Waals surface area (Å²) in [6.45, 7) is 7.49. The molecule has 0 aliphatic heterocycles. The molecular formula is C11H12OS. The van der Waals surface area contributed by atoms with Gasteiger partial charge in [0.25, 0.3) is 0 Å². The molecule has 0 fully saturated rings. The number of ether oxygens (including phenoxy) is 1. The van der Waals surface area contributed by atoms with E-state index in [2.05, 4.69) is 6.58 Å². The van der Waals surface area contributed by atoms with Crippen molar-refractivity contribution in [2.24, 2.45) is 0 Å². The normalized spacial score (nSPS) is 9.38. The Balaban J connectivity index is 2.95. The van der Waals surface area contributed by atoms with Crippen LogP contribution in [0.25, 0.3) is 6.08 Å². The van der Waals surface area contributed by atoms with Crippen LogP contribution in [0.3, 0.4) is 0 Å². The van der Waals surface area contributed by atoms with Crippen molar-refractivity contribution >= 4 is 23.3 Å². The van der Waals surface area contributed by atoms with Gasteiger partial charge >= 0.3 is 0 Å². The first-order valence-electron chi connectivity index (χ1n) is 4.05. The minimum atomic E-state index is 0.533. The minimum absolute atomic E-state index is 0.533. The van der Waals surface area contributed by atoms with Crippen molar-refractivity contribution in [2.45, 2.75) is 13.8 Å². The zero-order chi connectivity index (χ0) is 9.84. The molecule has 1 aromatic rings. The van der Waals surface area contributed by atoms with Gasteiger partial charge < -0.3 is 4.74 Å². The van der Waals surface area contributed by atoms with Gasteiger partial charge in [-0.25, -0.2) is 0 Å². The molecule has 0 unspecified atom stereocenters. The van der Waals surface area contributed by atoms with E-state index < -0.39 is 0 Å². The zero-order valence-corrected chi connectivity index (χ0v) is 8.65. The summed E-state index contributed by atoms with van der Waals surface area (Å²) in [5, 5.41) is 0.533. The van der Waals surface area contributed by atoms with Gasteiger partial charge in [0.15, 0.2) is 5.05 Å². The van der Waals surface area contributed by atoms with Gasteiger partial charge in [0.1, 0.15) is 5.75 Å². The molecule has 0 N–H and O–H groups in total.